The summed E-state index contributed by atoms with van der Waals surface area (Å²) >= 11 is 0. The largest absolute Gasteiger partial charge is 0.388 e. The summed E-state index contributed by atoms with van der Waals surface area (Å²) in [7, 11) is 1.54. The number of hydrogen-bond acceptors (Lipinski definition) is 8. The molecule has 9 nitrogen and oxygen atoms in total. The van der Waals surface area contributed by atoms with Crippen molar-refractivity contribution < 1.29 is 14.9 Å². The second-order valence-corrected chi connectivity index (χ2v) is 8.02. The zero-order valence-electron chi connectivity index (χ0n) is 16.8. The molecule has 1 aliphatic carbocycles. The lowest BCUT2D eigenvalue weighted by Crippen LogP contribution is -2.32. The van der Waals surface area contributed by atoms with Crippen molar-refractivity contribution in [3.63, 3.8) is 0 Å². The number of anilines is 2. The first-order valence-corrected chi connectivity index (χ1v) is 10.3. The van der Waals surface area contributed by atoms with Gasteiger partial charge in [0.1, 0.15) is 24.1 Å². The van der Waals surface area contributed by atoms with Crippen LogP contribution in [0.5, 0.6) is 0 Å². The Kier molecular flexibility index (Phi) is 5.01. The third-order valence-corrected chi connectivity index (χ3v) is 6.27. The molecule has 1 aromatic carbocycles. The van der Waals surface area contributed by atoms with Gasteiger partial charge in [-0.1, -0.05) is 18.2 Å². The number of aromatic nitrogens is 4. The van der Waals surface area contributed by atoms with Crippen molar-refractivity contribution in [2.45, 2.75) is 43.2 Å². The maximum atomic E-state index is 10.5. The van der Waals surface area contributed by atoms with E-state index in [1.165, 1.54) is 12.0 Å². The zero-order valence-corrected chi connectivity index (χ0v) is 16.8. The molecule has 158 valence electrons. The van der Waals surface area contributed by atoms with Crippen molar-refractivity contribution in [1.29, 1.82) is 0 Å². The minimum Gasteiger partial charge on any atom is -0.388 e. The molecule has 0 bridgehead atoms. The van der Waals surface area contributed by atoms with Crippen molar-refractivity contribution in [2.24, 2.45) is 0 Å². The van der Waals surface area contributed by atoms with Gasteiger partial charge in [-0.2, -0.15) is 0 Å². The number of nitrogens with one attached hydrogen (secondary N) is 1. The summed E-state index contributed by atoms with van der Waals surface area (Å²) in [5, 5.41) is 24.2. The Balaban J connectivity index is 1.36. The van der Waals surface area contributed by atoms with Crippen LogP contribution in [0.25, 0.3) is 11.2 Å². The van der Waals surface area contributed by atoms with Gasteiger partial charge in [0, 0.05) is 31.9 Å². The Hall–Kier alpha value is -2.75. The highest BCUT2D eigenvalue weighted by atomic mass is 16.5. The normalized spacial score (nSPS) is 29.0. The smallest absolute Gasteiger partial charge is 0.165 e. The van der Waals surface area contributed by atoms with E-state index in [0.717, 1.165) is 19.5 Å². The van der Waals surface area contributed by atoms with Gasteiger partial charge in [0.15, 0.2) is 11.5 Å². The fraction of sp³-hybridized carbons (Fsp3) is 0.476. The number of ether oxygens (including phenoxy) is 1. The number of aliphatic hydroxyl groups is 2. The van der Waals surface area contributed by atoms with Crippen LogP contribution in [0.3, 0.4) is 0 Å². The molecule has 1 saturated carbocycles. The van der Waals surface area contributed by atoms with Gasteiger partial charge in [-0.25, -0.2) is 15.0 Å². The van der Waals surface area contributed by atoms with E-state index in [0.29, 0.717) is 23.4 Å². The number of hydrogen-bond donors (Lipinski definition) is 3. The lowest BCUT2D eigenvalue weighted by atomic mass is 10.2. The number of imidazole rings is 1. The highest BCUT2D eigenvalue weighted by molar-refractivity contribution is 5.83. The maximum Gasteiger partial charge on any atom is 0.165 e. The average Bonchev–Trinajstić information content (AvgIpc) is 3.48. The van der Waals surface area contributed by atoms with E-state index < -0.39 is 18.3 Å². The maximum absolute atomic E-state index is 10.5. The molecule has 3 N–H and O–H groups in total. The van der Waals surface area contributed by atoms with Crippen molar-refractivity contribution in [3.8, 4) is 0 Å². The molecule has 0 radical (unpaired) electrons. The summed E-state index contributed by atoms with van der Waals surface area (Å²) < 4.78 is 7.12. The van der Waals surface area contributed by atoms with Crippen LogP contribution in [0, 0.1) is 0 Å². The van der Waals surface area contributed by atoms with Crippen molar-refractivity contribution in [1.82, 2.24) is 19.5 Å². The number of benzene rings is 1. The van der Waals surface area contributed by atoms with Crippen LogP contribution in [0.2, 0.25) is 0 Å². The van der Waals surface area contributed by atoms with E-state index in [-0.39, 0.29) is 12.1 Å². The summed E-state index contributed by atoms with van der Waals surface area (Å²) in [5.74, 6) is 0.690. The summed E-state index contributed by atoms with van der Waals surface area (Å²) in [6.45, 7) is 1.87. The summed E-state index contributed by atoms with van der Waals surface area (Å²) in [6.07, 6.45) is 2.39. The number of methoxy groups -OCH3 is 1. The van der Waals surface area contributed by atoms with Gasteiger partial charge in [0.25, 0.3) is 0 Å². The molecule has 1 saturated heterocycles. The summed E-state index contributed by atoms with van der Waals surface area (Å²) in [5.41, 5.74) is 2.53. The monoisotopic (exact) mass is 410 g/mol. The minimum absolute atomic E-state index is 0.255. The first kappa shape index (κ1) is 19.2. The van der Waals surface area contributed by atoms with Gasteiger partial charge in [-0.15, -0.1) is 0 Å². The molecule has 1 aliphatic heterocycles. The number of rotatable bonds is 5. The van der Waals surface area contributed by atoms with Crippen LogP contribution in [0.15, 0.2) is 43.0 Å². The number of aliphatic hydroxyl groups excluding tert-OH is 2. The van der Waals surface area contributed by atoms with Crippen molar-refractivity contribution in [3.05, 3.63) is 43.0 Å². The quantitative estimate of drug-likeness (QED) is 0.576. The fourth-order valence-electron chi connectivity index (χ4n) is 4.62. The fourth-order valence-corrected chi connectivity index (χ4v) is 4.62. The van der Waals surface area contributed by atoms with E-state index in [1.54, 1.807) is 13.4 Å². The Morgan fingerprint density at radius 1 is 1.10 bits per heavy atom. The van der Waals surface area contributed by atoms with Gasteiger partial charge >= 0.3 is 0 Å². The number of fused-ring (bicyclic) bond motifs is 1. The predicted octanol–water partition coefficient (Wildman–Crippen LogP) is 1.20. The Morgan fingerprint density at radius 2 is 1.93 bits per heavy atom. The first-order valence-electron chi connectivity index (χ1n) is 10.3. The molecular formula is C21H26N6O3. The number of para-hydroxylation sites is 1. The van der Waals surface area contributed by atoms with E-state index in [9.17, 15) is 10.2 Å². The molecule has 2 fully saturated rings. The standard InChI is InChI=1S/C21H26N6O3/c1-30-16-9-15(18(28)19(16)29)27-12-24-17-20(22-11-23-21(17)27)25-13-7-8-26(10-13)14-5-3-2-4-6-14/h2-6,11-13,15-16,18-19,28-29H,7-10H2,1H3,(H,22,23,25)/t13-,15+,16+,18+,19+/m0/s1. The zero-order chi connectivity index (χ0) is 20.7. The molecule has 5 rings (SSSR count). The van der Waals surface area contributed by atoms with Crippen LogP contribution < -0.4 is 10.2 Å². The van der Waals surface area contributed by atoms with E-state index in [1.807, 2.05) is 10.6 Å². The van der Waals surface area contributed by atoms with Gasteiger partial charge in [-0.3, -0.25) is 0 Å². The third-order valence-electron chi connectivity index (χ3n) is 6.27. The van der Waals surface area contributed by atoms with Crippen LogP contribution >= 0.6 is 0 Å². The predicted molar refractivity (Wildman–Crippen MR) is 112 cm³/mol. The molecule has 3 heterocycles. The molecule has 0 spiro atoms. The second-order valence-electron chi connectivity index (χ2n) is 8.02. The summed E-state index contributed by atoms with van der Waals surface area (Å²) in [4.78, 5) is 15.7. The van der Waals surface area contributed by atoms with Gasteiger partial charge in [0.05, 0.1) is 18.5 Å². The lowest BCUT2D eigenvalue weighted by Gasteiger charge is -2.19. The lowest BCUT2D eigenvalue weighted by molar-refractivity contribution is -0.0404. The number of nitrogens with zero attached hydrogens (tertiary/aromatic N) is 5. The van der Waals surface area contributed by atoms with Crippen LogP contribution in [0.1, 0.15) is 18.9 Å². The topological polar surface area (TPSA) is 109 Å². The molecule has 9 heteroatoms. The second kappa shape index (κ2) is 7.82. The Labute approximate surface area is 174 Å². The highest BCUT2D eigenvalue weighted by Gasteiger charge is 2.43. The first-order chi connectivity index (χ1) is 14.7. The van der Waals surface area contributed by atoms with Gasteiger partial charge in [-0.05, 0) is 25.0 Å². The van der Waals surface area contributed by atoms with Crippen LogP contribution in [0.4, 0.5) is 11.5 Å². The van der Waals surface area contributed by atoms with Gasteiger partial charge in [0.2, 0.25) is 0 Å². The molecule has 5 atom stereocenters. The van der Waals surface area contributed by atoms with Crippen LogP contribution in [-0.4, -0.2) is 74.3 Å². The molecule has 2 aliphatic rings. The Bertz CT molecular complexity index is 1010. The van der Waals surface area contributed by atoms with E-state index in [4.69, 9.17) is 4.74 Å². The van der Waals surface area contributed by atoms with Crippen molar-refractivity contribution in [2.75, 3.05) is 30.4 Å². The average molecular weight is 410 g/mol. The molecule has 0 amide bonds. The van der Waals surface area contributed by atoms with E-state index in [2.05, 4.69) is 49.4 Å². The van der Waals surface area contributed by atoms with E-state index >= 15 is 0 Å². The molecule has 3 aromatic rings. The SMILES string of the molecule is CO[C@@H]1C[C@@H](n2cnc3c(N[C@H]4CCN(c5ccccc5)C4)ncnc32)[C@@H](O)[C@@H]1O. The molecule has 2 aromatic heterocycles. The highest BCUT2D eigenvalue weighted by Crippen LogP contribution is 2.35. The minimum atomic E-state index is -0.937. The molecular weight excluding hydrogens is 384 g/mol. The van der Waals surface area contributed by atoms with Crippen molar-refractivity contribution >= 4 is 22.7 Å². The summed E-state index contributed by atoms with van der Waals surface area (Å²) in [6, 6.07) is 10.3. The molecule has 0 unspecified atom stereocenters. The van der Waals surface area contributed by atoms with Crippen LogP contribution in [-0.2, 0) is 4.74 Å². The molecule has 30 heavy (non-hydrogen) atoms. The third kappa shape index (κ3) is 3.28. The van der Waals surface area contributed by atoms with Gasteiger partial charge < -0.3 is 29.7 Å². The Morgan fingerprint density at radius 3 is 2.70 bits per heavy atom.